The van der Waals surface area contributed by atoms with E-state index in [9.17, 15) is 14.9 Å². The van der Waals surface area contributed by atoms with Gasteiger partial charge in [0.1, 0.15) is 11.3 Å². The first-order valence-electron chi connectivity index (χ1n) is 6.78. The van der Waals surface area contributed by atoms with Crippen LogP contribution >= 0.6 is 0 Å². The van der Waals surface area contributed by atoms with Crippen molar-refractivity contribution in [1.29, 1.82) is 0 Å². The Labute approximate surface area is 127 Å². The summed E-state index contributed by atoms with van der Waals surface area (Å²) >= 11 is 0. The number of ether oxygens (including phenoxy) is 1. The van der Waals surface area contributed by atoms with Gasteiger partial charge >= 0.3 is 5.97 Å². The van der Waals surface area contributed by atoms with Crippen LogP contribution in [0.1, 0.15) is 36.0 Å². The number of nitrogens with zero attached hydrogens (tertiary/aromatic N) is 1. The molecule has 0 aliphatic rings. The molecular weight excluding hydrogens is 288 g/mol. The summed E-state index contributed by atoms with van der Waals surface area (Å²) in [4.78, 5) is 22.3. The Morgan fingerprint density at radius 1 is 1.45 bits per heavy atom. The molecule has 1 atom stereocenters. The van der Waals surface area contributed by atoms with E-state index in [1.165, 1.54) is 12.1 Å². The second-order valence-corrected chi connectivity index (χ2v) is 4.59. The van der Waals surface area contributed by atoms with Crippen LogP contribution in [0.4, 0.5) is 11.4 Å². The molecule has 1 N–H and O–H groups in total. The predicted molar refractivity (Wildman–Crippen MR) is 79.8 cm³/mol. The van der Waals surface area contributed by atoms with Crippen LogP contribution in [0.3, 0.4) is 0 Å². The Bertz CT molecular complexity index is 667. The number of anilines is 1. The van der Waals surface area contributed by atoms with E-state index in [1.807, 2.05) is 13.0 Å². The highest BCUT2D eigenvalue weighted by Crippen LogP contribution is 2.26. The van der Waals surface area contributed by atoms with E-state index in [2.05, 4.69) is 5.32 Å². The van der Waals surface area contributed by atoms with Crippen LogP contribution in [-0.2, 0) is 4.74 Å². The zero-order valence-electron chi connectivity index (χ0n) is 12.2. The molecule has 1 aromatic heterocycles. The lowest BCUT2D eigenvalue weighted by molar-refractivity contribution is -0.385. The molecule has 0 spiro atoms. The fourth-order valence-electron chi connectivity index (χ4n) is 2.02. The van der Waals surface area contributed by atoms with Crippen molar-refractivity contribution in [1.82, 2.24) is 0 Å². The van der Waals surface area contributed by atoms with E-state index in [0.717, 1.165) is 5.76 Å². The summed E-state index contributed by atoms with van der Waals surface area (Å²) in [5, 5.41) is 14.1. The molecule has 7 heteroatoms. The third kappa shape index (κ3) is 3.43. The van der Waals surface area contributed by atoms with Crippen molar-refractivity contribution >= 4 is 17.3 Å². The molecular formula is C15H16N2O5. The molecule has 0 fully saturated rings. The Balaban J connectivity index is 2.28. The minimum Gasteiger partial charge on any atom is -0.467 e. The van der Waals surface area contributed by atoms with Gasteiger partial charge in [0.15, 0.2) is 0 Å². The van der Waals surface area contributed by atoms with Crippen molar-refractivity contribution < 1.29 is 18.9 Å². The largest absolute Gasteiger partial charge is 0.467 e. The van der Waals surface area contributed by atoms with Crippen molar-refractivity contribution in [3.05, 3.63) is 58.0 Å². The number of carbonyl (C=O) groups is 1. The van der Waals surface area contributed by atoms with Gasteiger partial charge in [-0.15, -0.1) is 0 Å². The summed E-state index contributed by atoms with van der Waals surface area (Å²) < 4.78 is 10.1. The van der Waals surface area contributed by atoms with E-state index < -0.39 is 10.9 Å². The first-order valence-corrected chi connectivity index (χ1v) is 6.78. The third-order valence-electron chi connectivity index (χ3n) is 3.04. The van der Waals surface area contributed by atoms with Gasteiger partial charge in [-0.25, -0.2) is 4.79 Å². The minimum atomic E-state index is -0.719. The molecule has 0 aliphatic heterocycles. The van der Waals surface area contributed by atoms with Crippen molar-refractivity contribution in [3.63, 3.8) is 0 Å². The summed E-state index contributed by atoms with van der Waals surface area (Å²) in [5.74, 6) is -0.000427. The second-order valence-electron chi connectivity index (χ2n) is 4.59. The number of carbonyl (C=O) groups excluding carboxylic acids is 1. The SMILES string of the molecule is CCOC(=O)c1cc(NC(C)c2ccco2)ccc1[N+](=O)[O-]. The second kappa shape index (κ2) is 6.75. The molecule has 1 heterocycles. The lowest BCUT2D eigenvalue weighted by Crippen LogP contribution is -2.10. The molecule has 22 heavy (non-hydrogen) atoms. The number of furan rings is 1. The standard InChI is InChI=1S/C15H16N2O5/c1-3-21-15(18)12-9-11(6-7-13(12)17(19)20)16-10(2)14-5-4-8-22-14/h4-10,16H,3H2,1-2H3. The summed E-state index contributed by atoms with van der Waals surface area (Å²) in [5.41, 5.74) is 0.204. The average molecular weight is 304 g/mol. The molecule has 0 saturated carbocycles. The highest BCUT2D eigenvalue weighted by Gasteiger charge is 2.22. The van der Waals surface area contributed by atoms with Crippen LogP contribution in [0.25, 0.3) is 0 Å². The van der Waals surface area contributed by atoms with Gasteiger partial charge in [0, 0.05) is 11.8 Å². The number of benzene rings is 1. The molecule has 0 bridgehead atoms. The fourth-order valence-corrected chi connectivity index (χ4v) is 2.02. The number of nitro benzene ring substituents is 1. The first kappa shape index (κ1) is 15.6. The summed E-state index contributed by atoms with van der Waals surface area (Å²) in [6.07, 6.45) is 1.56. The minimum absolute atomic E-state index is 0.0801. The van der Waals surface area contributed by atoms with Crippen LogP contribution in [0.15, 0.2) is 41.0 Å². The fraction of sp³-hybridized carbons (Fsp3) is 0.267. The molecule has 0 saturated heterocycles. The van der Waals surface area contributed by atoms with Gasteiger partial charge in [-0.3, -0.25) is 10.1 Å². The Morgan fingerprint density at radius 3 is 2.82 bits per heavy atom. The maximum absolute atomic E-state index is 11.9. The van der Waals surface area contributed by atoms with Gasteiger partial charge in [-0.1, -0.05) is 0 Å². The van der Waals surface area contributed by atoms with Crippen LogP contribution in [0.2, 0.25) is 0 Å². The lowest BCUT2D eigenvalue weighted by Gasteiger charge is -2.13. The van der Waals surface area contributed by atoms with Gasteiger partial charge in [0.25, 0.3) is 5.69 Å². The van der Waals surface area contributed by atoms with E-state index >= 15 is 0 Å². The van der Waals surface area contributed by atoms with Crippen LogP contribution < -0.4 is 5.32 Å². The summed E-state index contributed by atoms with van der Waals surface area (Å²) in [7, 11) is 0. The van der Waals surface area contributed by atoms with Gasteiger partial charge < -0.3 is 14.5 Å². The van der Waals surface area contributed by atoms with Crippen molar-refractivity contribution in [2.45, 2.75) is 19.9 Å². The summed E-state index contributed by atoms with van der Waals surface area (Å²) in [6.45, 7) is 3.67. The topological polar surface area (TPSA) is 94.6 Å². The maximum atomic E-state index is 11.9. The molecule has 0 amide bonds. The van der Waals surface area contributed by atoms with Crippen LogP contribution in [-0.4, -0.2) is 17.5 Å². The van der Waals surface area contributed by atoms with Gasteiger partial charge in [-0.05, 0) is 38.1 Å². The number of nitro groups is 1. The Kier molecular flexibility index (Phi) is 4.77. The maximum Gasteiger partial charge on any atom is 0.345 e. The summed E-state index contributed by atoms with van der Waals surface area (Å²) in [6, 6.07) is 7.67. The Hall–Kier alpha value is -2.83. The van der Waals surface area contributed by atoms with E-state index in [-0.39, 0.29) is 23.9 Å². The molecule has 2 rings (SSSR count). The molecule has 1 unspecified atom stereocenters. The predicted octanol–water partition coefficient (Wildman–Crippen LogP) is 3.54. The smallest absolute Gasteiger partial charge is 0.345 e. The number of nitrogens with one attached hydrogen (secondary N) is 1. The van der Waals surface area contributed by atoms with Gasteiger partial charge in [0.2, 0.25) is 0 Å². The van der Waals surface area contributed by atoms with Gasteiger partial charge in [-0.2, -0.15) is 0 Å². The van der Waals surface area contributed by atoms with Gasteiger partial charge in [0.05, 0.1) is 23.8 Å². The van der Waals surface area contributed by atoms with Crippen molar-refractivity contribution in [2.24, 2.45) is 0 Å². The molecule has 1 aromatic carbocycles. The van der Waals surface area contributed by atoms with Crippen LogP contribution in [0, 0.1) is 10.1 Å². The van der Waals surface area contributed by atoms with E-state index in [0.29, 0.717) is 5.69 Å². The molecule has 2 aromatic rings. The Morgan fingerprint density at radius 2 is 2.23 bits per heavy atom. The number of rotatable bonds is 6. The van der Waals surface area contributed by atoms with E-state index in [1.54, 1.807) is 25.3 Å². The molecule has 116 valence electrons. The van der Waals surface area contributed by atoms with E-state index in [4.69, 9.17) is 9.15 Å². The number of esters is 1. The first-order chi connectivity index (χ1) is 10.5. The zero-order chi connectivity index (χ0) is 16.1. The molecule has 0 radical (unpaired) electrons. The molecule has 0 aliphatic carbocycles. The lowest BCUT2D eigenvalue weighted by atomic mass is 10.1. The average Bonchev–Trinajstić information content (AvgIpc) is 3.01. The quantitative estimate of drug-likeness (QED) is 0.498. The highest BCUT2D eigenvalue weighted by molar-refractivity contribution is 5.95. The van der Waals surface area contributed by atoms with Crippen LogP contribution in [0.5, 0.6) is 0 Å². The third-order valence-corrected chi connectivity index (χ3v) is 3.04. The normalized spacial score (nSPS) is 11.7. The number of hydrogen-bond donors (Lipinski definition) is 1. The number of hydrogen-bond acceptors (Lipinski definition) is 6. The van der Waals surface area contributed by atoms with Crippen molar-refractivity contribution in [3.8, 4) is 0 Å². The van der Waals surface area contributed by atoms with Crippen molar-refractivity contribution in [2.75, 3.05) is 11.9 Å². The highest BCUT2D eigenvalue weighted by atomic mass is 16.6. The zero-order valence-corrected chi connectivity index (χ0v) is 12.2. The molecule has 7 nitrogen and oxygen atoms in total. The monoisotopic (exact) mass is 304 g/mol.